The third-order valence-corrected chi connectivity index (χ3v) is 4.28. The molecular formula is C17H23F2N3O3. The number of para-hydroxylation sites is 1. The summed E-state index contributed by atoms with van der Waals surface area (Å²) in [5.41, 5.74) is 0.119. The number of halogens is 2. The number of likely N-dealkylation sites (N-methyl/N-ethyl adjacent to an activating group) is 1. The van der Waals surface area contributed by atoms with Gasteiger partial charge in [-0.1, -0.05) is 12.1 Å². The van der Waals surface area contributed by atoms with E-state index in [1.54, 1.807) is 36.0 Å². The van der Waals surface area contributed by atoms with Crippen molar-refractivity contribution in [2.45, 2.75) is 19.6 Å². The molecular weight excluding hydrogens is 332 g/mol. The fourth-order valence-electron chi connectivity index (χ4n) is 2.85. The lowest BCUT2D eigenvalue weighted by atomic mass is 10.1. The molecule has 2 amide bonds. The average molecular weight is 355 g/mol. The summed E-state index contributed by atoms with van der Waals surface area (Å²) in [5.74, 6) is -0.459. The Kier molecular flexibility index (Phi) is 6.30. The fraction of sp³-hybridized carbons (Fsp3) is 0.529. The third kappa shape index (κ3) is 4.66. The summed E-state index contributed by atoms with van der Waals surface area (Å²) in [6.45, 7) is 0.795. The highest BCUT2D eigenvalue weighted by atomic mass is 19.3. The second-order valence-electron chi connectivity index (χ2n) is 6.11. The zero-order chi connectivity index (χ0) is 18.6. The van der Waals surface area contributed by atoms with Crippen molar-refractivity contribution in [3.8, 4) is 5.75 Å². The van der Waals surface area contributed by atoms with Gasteiger partial charge in [-0.25, -0.2) is 0 Å². The van der Waals surface area contributed by atoms with Crippen LogP contribution >= 0.6 is 0 Å². The maximum atomic E-state index is 12.6. The normalized spacial score (nSPS) is 16.6. The Labute approximate surface area is 145 Å². The summed E-state index contributed by atoms with van der Waals surface area (Å²) in [7, 11) is 3.41. The Balaban J connectivity index is 2.01. The molecule has 8 heteroatoms. The quantitative estimate of drug-likeness (QED) is 0.804. The molecule has 1 heterocycles. The lowest BCUT2D eigenvalue weighted by Gasteiger charge is -2.38. The van der Waals surface area contributed by atoms with Crippen molar-refractivity contribution in [3.63, 3.8) is 0 Å². The van der Waals surface area contributed by atoms with Crippen molar-refractivity contribution < 1.29 is 23.1 Å². The van der Waals surface area contributed by atoms with E-state index in [1.807, 2.05) is 11.8 Å². The van der Waals surface area contributed by atoms with Gasteiger partial charge < -0.3 is 14.5 Å². The zero-order valence-electron chi connectivity index (χ0n) is 14.6. The van der Waals surface area contributed by atoms with E-state index < -0.39 is 6.61 Å². The van der Waals surface area contributed by atoms with Gasteiger partial charge in [0.05, 0.1) is 11.6 Å². The maximum Gasteiger partial charge on any atom is 0.387 e. The van der Waals surface area contributed by atoms with E-state index in [0.717, 1.165) is 0 Å². The van der Waals surface area contributed by atoms with E-state index in [9.17, 15) is 18.4 Å². The van der Waals surface area contributed by atoms with E-state index in [-0.39, 0.29) is 29.2 Å². The van der Waals surface area contributed by atoms with Gasteiger partial charge in [0.2, 0.25) is 5.91 Å². The Morgan fingerprint density at radius 2 is 1.72 bits per heavy atom. The van der Waals surface area contributed by atoms with Crippen LogP contribution in [0, 0.1) is 0 Å². The van der Waals surface area contributed by atoms with Crippen LogP contribution in [0.5, 0.6) is 5.75 Å². The molecule has 0 radical (unpaired) electrons. The fourth-order valence-corrected chi connectivity index (χ4v) is 2.85. The molecule has 25 heavy (non-hydrogen) atoms. The molecule has 1 aromatic carbocycles. The monoisotopic (exact) mass is 355 g/mol. The highest BCUT2D eigenvalue weighted by molar-refractivity contribution is 5.97. The van der Waals surface area contributed by atoms with Crippen LogP contribution in [-0.2, 0) is 4.79 Å². The molecule has 0 spiro atoms. The summed E-state index contributed by atoms with van der Waals surface area (Å²) in [6.07, 6.45) is 0. The smallest absolute Gasteiger partial charge is 0.387 e. The van der Waals surface area contributed by atoms with E-state index >= 15 is 0 Å². The lowest BCUT2D eigenvalue weighted by molar-refractivity contribution is -0.134. The van der Waals surface area contributed by atoms with Gasteiger partial charge in [-0.3, -0.25) is 14.5 Å². The Bertz CT molecular complexity index is 617. The van der Waals surface area contributed by atoms with Gasteiger partial charge in [-0.2, -0.15) is 8.78 Å². The Hall–Kier alpha value is -2.22. The predicted octanol–water partition coefficient (Wildman–Crippen LogP) is 1.52. The largest absolute Gasteiger partial charge is 0.434 e. The molecule has 2 rings (SSSR count). The molecule has 1 aromatic rings. The lowest BCUT2D eigenvalue weighted by Crippen LogP contribution is -2.54. The number of nitrogens with zero attached hydrogens (tertiary/aromatic N) is 3. The van der Waals surface area contributed by atoms with Crippen LogP contribution in [0.4, 0.5) is 8.78 Å². The summed E-state index contributed by atoms with van der Waals surface area (Å²) in [6, 6.07) is 5.72. The van der Waals surface area contributed by atoms with Crippen molar-refractivity contribution in [2.24, 2.45) is 0 Å². The first-order valence-electron chi connectivity index (χ1n) is 8.09. The SMILES string of the molecule is CC(C(=O)N(C)C)N1CCN(C(=O)c2ccccc2OC(F)F)CC1. The zero-order valence-corrected chi connectivity index (χ0v) is 14.6. The number of carbonyl (C=O) groups is 2. The molecule has 6 nitrogen and oxygen atoms in total. The first kappa shape index (κ1) is 19.1. The van der Waals surface area contributed by atoms with Crippen molar-refractivity contribution in [3.05, 3.63) is 29.8 Å². The van der Waals surface area contributed by atoms with Gasteiger partial charge in [0.1, 0.15) is 5.75 Å². The molecule has 1 saturated heterocycles. The molecule has 1 fully saturated rings. The van der Waals surface area contributed by atoms with E-state index in [1.165, 1.54) is 12.1 Å². The molecule has 0 aliphatic carbocycles. The highest BCUT2D eigenvalue weighted by Gasteiger charge is 2.29. The number of benzene rings is 1. The Morgan fingerprint density at radius 1 is 1.12 bits per heavy atom. The number of rotatable bonds is 5. The number of ether oxygens (including phenoxy) is 1. The van der Waals surface area contributed by atoms with Crippen molar-refractivity contribution in [2.75, 3.05) is 40.3 Å². The second kappa shape index (κ2) is 8.24. The third-order valence-electron chi connectivity index (χ3n) is 4.28. The number of carbonyl (C=O) groups excluding carboxylic acids is 2. The van der Waals surface area contributed by atoms with Gasteiger partial charge >= 0.3 is 6.61 Å². The minimum Gasteiger partial charge on any atom is -0.434 e. The van der Waals surface area contributed by atoms with Crippen LogP contribution in [0.3, 0.4) is 0 Å². The molecule has 0 N–H and O–H groups in total. The molecule has 0 bridgehead atoms. The number of hydrogen-bond donors (Lipinski definition) is 0. The molecule has 1 atom stereocenters. The predicted molar refractivity (Wildman–Crippen MR) is 88.7 cm³/mol. The van der Waals surface area contributed by atoms with Crippen LogP contribution < -0.4 is 4.74 Å². The van der Waals surface area contributed by atoms with Gasteiger partial charge in [0.25, 0.3) is 5.91 Å². The first-order chi connectivity index (χ1) is 11.8. The van der Waals surface area contributed by atoms with E-state index in [2.05, 4.69) is 4.74 Å². The number of alkyl halides is 2. The standard InChI is InChI=1S/C17H23F2N3O3/c1-12(15(23)20(2)3)21-8-10-22(11-9-21)16(24)13-6-4-5-7-14(13)25-17(18)19/h4-7,12,17H,8-11H2,1-3H3. The molecule has 0 aromatic heterocycles. The summed E-state index contributed by atoms with van der Waals surface area (Å²) in [5, 5.41) is 0. The maximum absolute atomic E-state index is 12.6. The number of hydrogen-bond acceptors (Lipinski definition) is 4. The van der Waals surface area contributed by atoms with Gasteiger partial charge in [-0.15, -0.1) is 0 Å². The van der Waals surface area contributed by atoms with Crippen LogP contribution in [0.25, 0.3) is 0 Å². The highest BCUT2D eigenvalue weighted by Crippen LogP contribution is 2.22. The second-order valence-corrected chi connectivity index (χ2v) is 6.11. The summed E-state index contributed by atoms with van der Waals surface area (Å²) < 4.78 is 29.4. The minimum atomic E-state index is -2.98. The van der Waals surface area contributed by atoms with Gasteiger partial charge in [0.15, 0.2) is 0 Å². The van der Waals surface area contributed by atoms with E-state index in [0.29, 0.717) is 26.2 Å². The number of amides is 2. The van der Waals surface area contributed by atoms with Gasteiger partial charge in [0, 0.05) is 40.3 Å². The van der Waals surface area contributed by atoms with Gasteiger partial charge in [-0.05, 0) is 19.1 Å². The molecule has 1 aliphatic heterocycles. The molecule has 138 valence electrons. The summed E-state index contributed by atoms with van der Waals surface area (Å²) in [4.78, 5) is 29.8. The first-order valence-corrected chi connectivity index (χ1v) is 8.09. The van der Waals surface area contributed by atoms with Crippen LogP contribution in [0.1, 0.15) is 17.3 Å². The van der Waals surface area contributed by atoms with Crippen LogP contribution in [0.15, 0.2) is 24.3 Å². The average Bonchev–Trinajstić information content (AvgIpc) is 2.60. The molecule has 1 unspecified atom stereocenters. The minimum absolute atomic E-state index is 0.00968. The molecule has 0 saturated carbocycles. The Morgan fingerprint density at radius 3 is 2.28 bits per heavy atom. The van der Waals surface area contributed by atoms with Crippen molar-refractivity contribution in [1.82, 2.24) is 14.7 Å². The number of piperazine rings is 1. The van der Waals surface area contributed by atoms with E-state index in [4.69, 9.17) is 0 Å². The van der Waals surface area contributed by atoms with Crippen LogP contribution in [0.2, 0.25) is 0 Å². The molecule has 1 aliphatic rings. The van der Waals surface area contributed by atoms with Crippen LogP contribution in [-0.4, -0.2) is 79.4 Å². The summed E-state index contributed by atoms with van der Waals surface area (Å²) >= 11 is 0. The van der Waals surface area contributed by atoms with Crippen molar-refractivity contribution >= 4 is 11.8 Å². The van der Waals surface area contributed by atoms with Crippen molar-refractivity contribution in [1.29, 1.82) is 0 Å². The topological polar surface area (TPSA) is 53.1 Å².